The Morgan fingerprint density at radius 2 is 1.81 bits per heavy atom. The molecule has 0 aromatic heterocycles. The van der Waals surface area contributed by atoms with Gasteiger partial charge in [-0.15, -0.1) is 0 Å². The van der Waals surface area contributed by atoms with Crippen molar-refractivity contribution in [1.82, 2.24) is 0 Å². The zero-order valence-corrected chi connectivity index (χ0v) is 12.6. The third kappa shape index (κ3) is 4.80. The normalized spacial score (nSPS) is 10.2. The number of ether oxygens (including phenoxy) is 2. The van der Waals surface area contributed by atoms with Gasteiger partial charge in [0.2, 0.25) is 0 Å². The maximum absolute atomic E-state index is 11.1. The van der Waals surface area contributed by atoms with Crippen LogP contribution < -0.4 is 4.74 Å². The van der Waals surface area contributed by atoms with E-state index in [0.29, 0.717) is 24.5 Å². The molecule has 0 unspecified atom stereocenters. The Labute approximate surface area is 129 Å². The van der Waals surface area contributed by atoms with Crippen LogP contribution in [0, 0.1) is 0 Å². The summed E-state index contributed by atoms with van der Waals surface area (Å²) < 4.78 is 10.3. The Morgan fingerprint density at radius 1 is 1.10 bits per heavy atom. The van der Waals surface area contributed by atoms with Crippen molar-refractivity contribution in [2.45, 2.75) is 19.4 Å². The molecule has 0 radical (unpaired) electrons. The summed E-state index contributed by atoms with van der Waals surface area (Å²) in [6.07, 6.45) is 1.05. The fourth-order valence-corrected chi connectivity index (χ4v) is 2.07. The van der Waals surface area contributed by atoms with Crippen molar-refractivity contribution in [3.05, 3.63) is 64.7 Å². The van der Waals surface area contributed by atoms with Crippen LogP contribution in [0.4, 0.5) is 0 Å². The van der Waals surface area contributed by atoms with E-state index in [4.69, 9.17) is 16.3 Å². The number of halogens is 1. The Bertz CT molecular complexity index is 593. The zero-order valence-electron chi connectivity index (χ0n) is 11.8. The molecule has 0 heterocycles. The van der Waals surface area contributed by atoms with Gasteiger partial charge in [-0.05, 0) is 30.2 Å². The maximum Gasteiger partial charge on any atom is 0.305 e. The molecule has 4 heteroatoms. The molecule has 2 aromatic carbocycles. The highest BCUT2D eigenvalue weighted by Crippen LogP contribution is 2.19. The molecule has 0 N–H and O–H groups in total. The highest BCUT2D eigenvalue weighted by molar-refractivity contribution is 6.31. The van der Waals surface area contributed by atoms with E-state index in [1.165, 1.54) is 7.11 Å². The molecule has 0 saturated heterocycles. The molecule has 0 saturated carbocycles. The lowest BCUT2D eigenvalue weighted by Crippen LogP contribution is -2.02. The minimum atomic E-state index is -0.200. The number of methoxy groups -OCH3 is 1. The average molecular weight is 305 g/mol. The minimum absolute atomic E-state index is 0.200. The second-order valence-corrected chi connectivity index (χ2v) is 5.01. The van der Waals surface area contributed by atoms with Crippen molar-refractivity contribution < 1.29 is 14.3 Å². The lowest BCUT2D eigenvalue weighted by molar-refractivity contribution is -0.140. The number of esters is 1. The van der Waals surface area contributed by atoms with Gasteiger partial charge in [-0.1, -0.05) is 41.9 Å². The molecule has 2 rings (SSSR count). The van der Waals surface area contributed by atoms with Gasteiger partial charge in [-0.3, -0.25) is 4.79 Å². The number of benzene rings is 2. The van der Waals surface area contributed by atoms with Crippen LogP contribution in [0.25, 0.3) is 0 Å². The number of rotatable bonds is 6. The smallest absolute Gasteiger partial charge is 0.305 e. The molecule has 0 aliphatic rings. The first kappa shape index (κ1) is 15.4. The number of hydrogen-bond acceptors (Lipinski definition) is 3. The zero-order chi connectivity index (χ0) is 15.1. The van der Waals surface area contributed by atoms with Crippen LogP contribution >= 0.6 is 11.6 Å². The summed E-state index contributed by atoms with van der Waals surface area (Å²) in [7, 11) is 1.40. The molecule has 2 aromatic rings. The molecule has 0 aliphatic carbocycles. The number of carbonyl (C=O) groups excluding carboxylic acids is 1. The van der Waals surface area contributed by atoms with Crippen molar-refractivity contribution in [2.24, 2.45) is 0 Å². The summed E-state index contributed by atoms with van der Waals surface area (Å²) in [5, 5.41) is 0.701. The number of aryl methyl sites for hydroxylation is 1. The molecule has 0 bridgehead atoms. The summed E-state index contributed by atoms with van der Waals surface area (Å²) in [5.74, 6) is 0.575. The second-order valence-electron chi connectivity index (χ2n) is 4.60. The number of hydrogen-bond donors (Lipinski definition) is 0. The monoisotopic (exact) mass is 304 g/mol. The van der Waals surface area contributed by atoms with E-state index < -0.39 is 0 Å². The lowest BCUT2D eigenvalue weighted by Gasteiger charge is -2.08. The number of carbonyl (C=O) groups is 1. The molecule has 0 atom stereocenters. The molecule has 0 spiro atoms. The van der Waals surface area contributed by atoms with Gasteiger partial charge in [-0.2, -0.15) is 0 Å². The maximum atomic E-state index is 11.1. The van der Waals surface area contributed by atoms with E-state index in [1.807, 2.05) is 48.5 Å². The van der Waals surface area contributed by atoms with E-state index in [0.717, 1.165) is 16.9 Å². The van der Waals surface area contributed by atoms with Crippen LogP contribution in [0.5, 0.6) is 5.75 Å². The SMILES string of the molecule is COC(=O)CCc1ccc(OCc2ccccc2Cl)cc1. The Kier molecular flexibility index (Phi) is 5.64. The Hall–Kier alpha value is -2.00. The van der Waals surface area contributed by atoms with E-state index >= 15 is 0 Å². The quantitative estimate of drug-likeness (QED) is 0.756. The van der Waals surface area contributed by atoms with Gasteiger partial charge in [0, 0.05) is 17.0 Å². The Morgan fingerprint density at radius 3 is 2.48 bits per heavy atom. The first-order valence-corrected chi connectivity index (χ1v) is 7.09. The van der Waals surface area contributed by atoms with Crippen molar-refractivity contribution in [3.8, 4) is 5.75 Å². The van der Waals surface area contributed by atoms with Crippen LogP contribution in [0.1, 0.15) is 17.5 Å². The highest BCUT2D eigenvalue weighted by atomic mass is 35.5. The van der Waals surface area contributed by atoms with Gasteiger partial charge in [0.1, 0.15) is 12.4 Å². The Balaban J connectivity index is 1.88. The molecule has 0 fully saturated rings. The van der Waals surface area contributed by atoms with Gasteiger partial charge in [0.05, 0.1) is 7.11 Å². The van der Waals surface area contributed by atoms with Crippen LogP contribution in [-0.4, -0.2) is 13.1 Å². The summed E-state index contributed by atoms with van der Waals surface area (Å²) in [6, 6.07) is 15.3. The average Bonchev–Trinajstić information content (AvgIpc) is 2.53. The van der Waals surface area contributed by atoms with Crippen LogP contribution in [0.2, 0.25) is 5.02 Å². The van der Waals surface area contributed by atoms with Crippen LogP contribution in [0.3, 0.4) is 0 Å². The first-order chi connectivity index (χ1) is 10.2. The molecule has 110 valence electrons. The van der Waals surface area contributed by atoms with Gasteiger partial charge in [0.15, 0.2) is 0 Å². The van der Waals surface area contributed by atoms with E-state index in [2.05, 4.69) is 4.74 Å². The first-order valence-electron chi connectivity index (χ1n) is 6.71. The third-order valence-corrected chi connectivity index (χ3v) is 3.49. The van der Waals surface area contributed by atoms with Gasteiger partial charge < -0.3 is 9.47 Å². The molecular weight excluding hydrogens is 288 g/mol. The summed E-state index contributed by atoms with van der Waals surface area (Å²) in [5.41, 5.74) is 2.03. The van der Waals surface area contributed by atoms with Crippen molar-refractivity contribution >= 4 is 17.6 Å². The molecule has 3 nitrogen and oxygen atoms in total. The summed E-state index contributed by atoms with van der Waals surface area (Å²) in [6.45, 7) is 0.432. The molecule has 0 aliphatic heterocycles. The van der Waals surface area contributed by atoms with E-state index in [1.54, 1.807) is 0 Å². The van der Waals surface area contributed by atoms with Crippen molar-refractivity contribution in [3.63, 3.8) is 0 Å². The standard InChI is InChI=1S/C17H17ClO3/c1-20-17(19)11-8-13-6-9-15(10-7-13)21-12-14-4-2-3-5-16(14)18/h2-7,9-10H,8,11-12H2,1H3. The fourth-order valence-electron chi connectivity index (χ4n) is 1.88. The van der Waals surface area contributed by atoms with Gasteiger partial charge in [-0.25, -0.2) is 0 Å². The van der Waals surface area contributed by atoms with E-state index in [-0.39, 0.29) is 5.97 Å². The topological polar surface area (TPSA) is 35.5 Å². The van der Waals surface area contributed by atoms with Crippen molar-refractivity contribution in [2.75, 3.05) is 7.11 Å². The predicted molar refractivity (Wildman–Crippen MR) is 82.6 cm³/mol. The fraction of sp³-hybridized carbons (Fsp3) is 0.235. The molecule has 21 heavy (non-hydrogen) atoms. The largest absolute Gasteiger partial charge is 0.489 e. The van der Waals surface area contributed by atoms with E-state index in [9.17, 15) is 4.79 Å². The van der Waals surface area contributed by atoms with Crippen LogP contribution in [0.15, 0.2) is 48.5 Å². The third-order valence-electron chi connectivity index (χ3n) is 3.12. The molecular formula is C17H17ClO3. The second kappa shape index (κ2) is 7.70. The van der Waals surface area contributed by atoms with Gasteiger partial charge >= 0.3 is 5.97 Å². The highest BCUT2D eigenvalue weighted by Gasteiger charge is 2.03. The lowest BCUT2D eigenvalue weighted by atomic mass is 10.1. The van der Waals surface area contributed by atoms with Gasteiger partial charge in [0.25, 0.3) is 0 Å². The summed E-state index contributed by atoms with van der Waals surface area (Å²) in [4.78, 5) is 11.1. The predicted octanol–water partition coefficient (Wildman–Crippen LogP) is 4.02. The van der Waals surface area contributed by atoms with Crippen molar-refractivity contribution in [1.29, 1.82) is 0 Å². The molecule has 0 amide bonds. The minimum Gasteiger partial charge on any atom is -0.489 e. The van der Waals surface area contributed by atoms with Crippen LogP contribution in [-0.2, 0) is 22.6 Å². The summed E-state index contributed by atoms with van der Waals surface area (Å²) >= 11 is 6.08.